The zero-order chi connectivity index (χ0) is 22.5. The summed E-state index contributed by atoms with van der Waals surface area (Å²) in [5, 5.41) is 12.1. The molecular formula is C22H17ClF2N2O4. The number of pyridine rings is 1. The Morgan fingerprint density at radius 1 is 1.13 bits per heavy atom. The molecule has 0 spiro atoms. The third-order valence-electron chi connectivity index (χ3n) is 4.48. The maximum atomic E-state index is 14.3. The molecule has 3 rings (SSSR count). The number of aliphatic carboxylic acids is 1. The molecule has 2 N–H and O–H groups in total. The lowest BCUT2D eigenvalue weighted by Crippen LogP contribution is -2.31. The lowest BCUT2D eigenvalue weighted by atomic mass is 10.0. The summed E-state index contributed by atoms with van der Waals surface area (Å²) in [6, 6.07) is 11.9. The van der Waals surface area contributed by atoms with Gasteiger partial charge in [-0.3, -0.25) is 9.59 Å². The minimum absolute atomic E-state index is 0.0697. The predicted octanol–water partition coefficient (Wildman–Crippen LogP) is 4.63. The number of aromatic nitrogens is 1. The fraction of sp³-hybridized carbons (Fsp3) is 0.136. The minimum atomic E-state index is -1.14. The van der Waals surface area contributed by atoms with E-state index in [1.54, 1.807) is 24.3 Å². The molecule has 3 aromatic rings. The second-order valence-electron chi connectivity index (χ2n) is 6.49. The lowest BCUT2D eigenvalue weighted by Gasteiger charge is -2.19. The number of carboxylic acids is 1. The summed E-state index contributed by atoms with van der Waals surface area (Å²) in [6.07, 6.45) is -0.420. The highest BCUT2D eigenvalue weighted by molar-refractivity contribution is 6.31. The Morgan fingerprint density at radius 2 is 1.87 bits per heavy atom. The number of methoxy groups -OCH3 is 1. The van der Waals surface area contributed by atoms with Crippen molar-refractivity contribution in [1.29, 1.82) is 0 Å². The monoisotopic (exact) mass is 446 g/mol. The van der Waals surface area contributed by atoms with Crippen molar-refractivity contribution in [2.45, 2.75) is 12.5 Å². The summed E-state index contributed by atoms with van der Waals surface area (Å²) < 4.78 is 33.2. The van der Waals surface area contributed by atoms with E-state index >= 15 is 0 Å². The zero-order valence-electron chi connectivity index (χ0n) is 16.2. The highest BCUT2D eigenvalue weighted by Crippen LogP contribution is 2.31. The summed E-state index contributed by atoms with van der Waals surface area (Å²) >= 11 is 6.16. The number of nitrogens with zero attached hydrogens (tertiary/aromatic N) is 1. The smallest absolute Gasteiger partial charge is 0.305 e. The fourth-order valence-electron chi connectivity index (χ4n) is 3.02. The molecule has 1 heterocycles. The number of ether oxygens (including phenoxy) is 1. The van der Waals surface area contributed by atoms with Crippen molar-refractivity contribution in [2.75, 3.05) is 7.11 Å². The molecule has 0 bridgehead atoms. The Bertz CT molecular complexity index is 1140. The Morgan fingerprint density at radius 3 is 2.55 bits per heavy atom. The second-order valence-corrected chi connectivity index (χ2v) is 6.90. The van der Waals surface area contributed by atoms with E-state index in [-0.39, 0.29) is 22.7 Å². The average molecular weight is 447 g/mol. The van der Waals surface area contributed by atoms with Gasteiger partial charge in [-0.15, -0.1) is 0 Å². The molecular weight excluding hydrogens is 430 g/mol. The largest absolute Gasteiger partial charge is 0.494 e. The van der Waals surface area contributed by atoms with Crippen LogP contribution in [0.5, 0.6) is 5.75 Å². The van der Waals surface area contributed by atoms with Crippen LogP contribution in [0.15, 0.2) is 54.6 Å². The maximum Gasteiger partial charge on any atom is 0.305 e. The van der Waals surface area contributed by atoms with Crippen LogP contribution in [0.1, 0.15) is 28.5 Å². The Balaban J connectivity index is 1.98. The van der Waals surface area contributed by atoms with Crippen LogP contribution in [0.3, 0.4) is 0 Å². The Kier molecular flexibility index (Phi) is 6.81. The molecule has 1 atom stereocenters. The number of carboxylic acid groups (broad SMARTS) is 1. The van der Waals surface area contributed by atoms with Crippen molar-refractivity contribution in [3.63, 3.8) is 0 Å². The molecule has 31 heavy (non-hydrogen) atoms. The van der Waals surface area contributed by atoms with Crippen LogP contribution in [0.25, 0.3) is 11.3 Å². The first-order valence-electron chi connectivity index (χ1n) is 9.08. The van der Waals surface area contributed by atoms with Gasteiger partial charge in [0, 0.05) is 10.6 Å². The second kappa shape index (κ2) is 9.53. The van der Waals surface area contributed by atoms with Crippen LogP contribution < -0.4 is 10.1 Å². The van der Waals surface area contributed by atoms with Crippen LogP contribution in [0.2, 0.25) is 5.02 Å². The summed E-state index contributed by atoms with van der Waals surface area (Å²) in [7, 11) is 1.33. The molecule has 0 aliphatic rings. The first-order chi connectivity index (χ1) is 14.8. The van der Waals surface area contributed by atoms with Crippen molar-refractivity contribution >= 4 is 23.5 Å². The molecule has 160 valence electrons. The van der Waals surface area contributed by atoms with Crippen LogP contribution in [0.4, 0.5) is 8.78 Å². The van der Waals surface area contributed by atoms with E-state index in [0.29, 0.717) is 10.6 Å². The van der Waals surface area contributed by atoms with Gasteiger partial charge in [0.05, 0.1) is 19.6 Å². The van der Waals surface area contributed by atoms with Crippen LogP contribution in [-0.2, 0) is 4.79 Å². The summed E-state index contributed by atoms with van der Waals surface area (Å²) in [5.74, 6) is -3.93. The van der Waals surface area contributed by atoms with Crippen molar-refractivity contribution in [3.05, 3.63) is 82.5 Å². The number of benzene rings is 2. The van der Waals surface area contributed by atoms with Gasteiger partial charge in [-0.1, -0.05) is 35.9 Å². The minimum Gasteiger partial charge on any atom is -0.494 e. The van der Waals surface area contributed by atoms with Crippen molar-refractivity contribution < 1.29 is 28.2 Å². The van der Waals surface area contributed by atoms with Gasteiger partial charge in [-0.25, -0.2) is 13.8 Å². The van der Waals surface area contributed by atoms with Gasteiger partial charge < -0.3 is 15.2 Å². The molecule has 1 amide bonds. The van der Waals surface area contributed by atoms with Gasteiger partial charge in [0.25, 0.3) is 5.91 Å². The highest BCUT2D eigenvalue weighted by Gasteiger charge is 2.23. The van der Waals surface area contributed by atoms with E-state index in [1.165, 1.54) is 31.4 Å². The molecule has 0 fully saturated rings. The first kappa shape index (κ1) is 22.2. The molecule has 0 aliphatic heterocycles. The molecule has 0 unspecified atom stereocenters. The van der Waals surface area contributed by atoms with Crippen molar-refractivity contribution in [1.82, 2.24) is 10.3 Å². The van der Waals surface area contributed by atoms with Gasteiger partial charge in [0.2, 0.25) is 0 Å². The fourth-order valence-corrected chi connectivity index (χ4v) is 3.29. The van der Waals surface area contributed by atoms with E-state index in [1.807, 2.05) is 0 Å². The number of hydrogen-bond acceptors (Lipinski definition) is 4. The number of nitrogens with one attached hydrogen (secondary N) is 1. The average Bonchev–Trinajstić information content (AvgIpc) is 2.74. The van der Waals surface area contributed by atoms with E-state index in [9.17, 15) is 23.5 Å². The van der Waals surface area contributed by atoms with Gasteiger partial charge in [-0.2, -0.15) is 0 Å². The molecule has 2 aromatic carbocycles. The van der Waals surface area contributed by atoms with Crippen LogP contribution in [-0.4, -0.2) is 29.1 Å². The highest BCUT2D eigenvalue weighted by atomic mass is 35.5. The van der Waals surface area contributed by atoms with Crippen molar-refractivity contribution in [2.24, 2.45) is 0 Å². The van der Waals surface area contributed by atoms with E-state index in [2.05, 4.69) is 10.3 Å². The molecule has 1 aromatic heterocycles. The molecule has 0 saturated heterocycles. The van der Waals surface area contributed by atoms with Crippen LogP contribution in [0, 0.1) is 11.6 Å². The number of hydrogen-bond donors (Lipinski definition) is 2. The SMILES string of the molecule is COc1ccc(C(=O)N[C@@H](CC(=O)O)c2ccccc2Cl)nc1-c1cccc(F)c1F. The number of carbonyl (C=O) groups excluding carboxylic acids is 1. The quantitative estimate of drug-likeness (QED) is 0.552. The van der Waals surface area contributed by atoms with E-state index in [4.69, 9.17) is 16.3 Å². The number of rotatable bonds is 7. The summed E-state index contributed by atoms with van der Waals surface area (Å²) in [4.78, 5) is 28.3. The topological polar surface area (TPSA) is 88.5 Å². The van der Waals surface area contributed by atoms with Gasteiger partial charge in [0.15, 0.2) is 11.6 Å². The standard InChI is InChI=1S/C22H17ClF2N2O4/c1-31-18-10-9-16(26-21(18)13-6-4-8-15(24)20(13)25)22(30)27-17(11-19(28)29)12-5-2-3-7-14(12)23/h2-10,17H,11H2,1H3,(H,27,30)(H,28,29)/t17-/m0/s1. The molecule has 0 aliphatic carbocycles. The first-order valence-corrected chi connectivity index (χ1v) is 9.46. The van der Waals surface area contributed by atoms with Crippen LogP contribution >= 0.6 is 11.6 Å². The summed E-state index contributed by atoms with van der Waals surface area (Å²) in [6.45, 7) is 0. The van der Waals surface area contributed by atoms with E-state index < -0.39 is 36.0 Å². The Hall–Kier alpha value is -3.52. The number of carbonyl (C=O) groups is 2. The van der Waals surface area contributed by atoms with Gasteiger partial charge in [-0.05, 0) is 35.9 Å². The molecule has 0 radical (unpaired) electrons. The lowest BCUT2D eigenvalue weighted by molar-refractivity contribution is -0.137. The Labute approximate surface area is 181 Å². The number of amides is 1. The maximum absolute atomic E-state index is 14.3. The molecule has 9 heteroatoms. The molecule has 0 saturated carbocycles. The molecule has 6 nitrogen and oxygen atoms in total. The summed E-state index contributed by atoms with van der Waals surface area (Å²) in [5.41, 5.74) is 0.0334. The number of halogens is 3. The predicted molar refractivity (Wildman–Crippen MR) is 110 cm³/mol. The zero-order valence-corrected chi connectivity index (χ0v) is 17.0. The van der Waals surface area contributed by atoms with Gasteiger partial charge in [0.1, 0.15) is 17.1 Å². The third kappa shape index (κ3) is 4.97. The van der Waals surface area contributed by atoms with Gasteiger partial charge >= 0.3 is 5.97 Å². The van der Waals surface area contributed by atoms with Crippen molar-refractivity contribution in [3.8, 4) is 17.0 Å². The normalized spacial score (nSPS) is 11.6. The third-order valence-corrected chi connectivity index (χ3v) is 4.83. The van der Waals surface area contributed by atoms with E-state index in [0.717, 1.165) is 6.07 Å².